The number of halogens is 1. The Balaban J connectivity index is 1.79. The minimum Gasteiger partial charge on any atom is -0.395 e. The van der Waals surface area contributed by atoms with Crippen molar-refractivity contribution in [3.63, 3.8) is 0 Å². The maximum atomic E-state index is 12.5. The molecule has 0 aliphatic carbocycles. The third kappa shape index (κ3) is 5.51. The normalized spacial score (nSPS) is 14.0. The van der Waals surface area contributed by atoms with E-state index < -0.39 is 5.41 Å². The van der Waals surface area contributed by atoms with E-state index in [1.165, 1.54) is 6.20 Å². The van der Waals surface area contributed by atoms with Crippen molar-refractivity contribution in [1.29, 1.82) is 0 Å². The number of hydrogen-bond acceptors (Lipinski definition) is 5. The van der Waals surface area contributed by atoms with Crippen LogP contribution in [0.15, 0.2) is 60.8 Å². The average Bonchev–Trinajstić information content (AvgIpc) is 3.30. The maximum Gasteiger partial charge on any atom is 0.271 e. The second-order valence-electron chi connectivity index (χ2n) is 7.50. The molecule has 1 amide bonds. The molecule has 0 radical (unpaired) electrons. The van der Waals surface area contributed by atoms with Gasteiger partial charge in [0.15, 0.2) is 0 Å². The average molecular weight is 518 g/mol. The van der Waals surface area contributed by atoms with Crippen molar-refractivity contribution in [1.82, 2.24) is 20.7 Å². The Kier molecular flexibility index (Phi) is 7.33. The van der Waals surface area contributed by atoms with E-state index in [0.29, 0.717) is 12.8 Å². The fraction of sp³-hybridized carbons (Fsp3) is 0.273. The predicted molar refractivity (Wildman–Crippen MR) is 122 cm³/mol. The Labute approximate surface area is 188 Å². The molecule has 0 saturated heterocycles. The van der Waals surface area contributed by atoms with E-state index in [0.717, 1.165) is 16.7 Å². The summed E-state index contributed by atoms with van der Waals surface area (Å²) in [6.45, 7) is 1.41. The molecular formula is C22H23IN4O3. The number of aliphatic hydroxyl groups excluding tert-OH is 1. The van der Waals surface area contributed by atoms with Crippen molar-refractivity contribution in [2.45, 2.75) is 25.8 Å². The van der Waals surface area contributed by atoms with E-state index in [1.807, 2.05) is 42.5 Å². The lowest BCUT2D eigenvalue weighted by atomic mass is 9.83. The molecule has 3 N–H and O–H groups in total. The summed E-state index contributed by atoms with van der Waals surface area (Å²) in [4.78, 5) is 24.6. The number of amides is 1. The summed E-state index contributed by atoms with van der Waals surface area (Å²) in [5.41, 5.74) is 2.54. The summed E-state index contributed by atoms with van der Waals surface area (Å²) in [5.74, 6) is -0.355. The molecule has 0 saturated carbocycles. The Hall–Kier alpha value is -2.59. The number of rotatable bonds is 9. The summed E-state index contributed by atoms with van der Waals surface area (Å²) in [6.07, 6.45) is 2.16. The monoisotopic (exact) mass is 518 g/mol. The summed E-state index contributed by atoms with van der Waals surface area (Å²) < 4.78 is -0.149. The number of nitrogens with one attached hydrogen (secondary N) is 2. The first-order valence-electron chi connectivity index (χ1n) is 9.53. The van der Waals surface area contributed by atoms with Gasteiger partial charge in [0.05, 0.1) is 18.2 Å². The molecule has 0 aliphatic heterocycles. The van der Waals surface area contributed by atoms with Gasteiger partial charge in [0.2, 0.25) is 3.79 Å². The van der Waals surface area contributed by atoms with Crippen LogP contribution in [0.3, 0.4) is 0 Å². The SMILES string of the molecule is C[C@@](CO)(C[C@@H](Cc1ccc(-c2ccccc2)cc1)NC(=O)c1cnn[nH]1)C(=O)I. The van der Waals surface area contributed by atoms with Crippen LogP contribution < -0.4 is 5.32 Å². The first-order valence-corrected chi connectivity index (χ1v) is 10.6. The number of carbonyl (C=O) groups is 2. The van der Waals surface area contributed by atoms with Crippen LogP contribution in [0.4, 0.5) is 0 Å². The lowest BCUT2D eigenvalue weighted by Gasteiger charge is -2.29. The quantitative estimate of drug-likeness (QED) is 0.298. The molecule has 0 fully saturated rings. The van der Waals surface area contributed by atoms with Crippen molar-refractivity contribution in [2.24, 2.45) is 5.41 Å². The zero-order valence-corrected chi connectivity index (χ0v) is 18.7. The third-order valence-electron chi connectivity index (χ3n) is 5.06. The maximum absolute atomic E-state index is 12.5. The molecule has 156 valence electrons. The van der Waals surface area contributed by atoms with Crippen molar-refractivity contribution in [3.05, 3.63) is 72.1 Å². The van der Waals surface area contributed by atoms with Crippen LogP contribution in [-0.2, 0) is 11.2 Å². The Bertz CT molecular complexity index is 977. The molecule has 1 aromatic heterocycles. The zero-order valence-electron chi connectivity index (χ0n) is 16.5. The van der Waals surface area contributed by atoms with Crippen LogP contribution in [0.5, 0.6) is 0 Å². The number of aliphatic hydroxyl groups is 1. The van der Waals surface area contributed by atoms with Crippen LogP contribution in [0.25, 0.3) is 11.1 Å². The van der Waals surface area contributed by atoms with Crippen molar-refractivity contribution >= 4 is 32.3 Å². The molecule has 8 heteroatoms. The number of aromatic amines is 1. The molecule has 0 unspecified atom stereocenters. The molecule has 0 spiro atoms. The third-order valence-corrected chi connectivity index (χ3v) is 6.36. The van der Waals surface area contributed by atoms with Gasteiger partial charge in [0, 0.05) is 28.6 Å². The lowest BCUT2D eigenvalue weighted by molar-refractivity contribution is -0.119. The number of aromatic nitrogens is 3. The summed E-state index contributed by atoms with van der Waals surface area (Å²) >= 11 is 1.70. The molecule has 0 aliphatic rings. The second-order valence-corrected chi connectivity index (χ2v) is 8.48. The lowest BCUT2D eigenvalue weighted by Crippen LogP contribution is -2.43. The summed E-state index contributed by atoms with van der Waals surface area (Å²) in [6, 6.07) is 17.8. The van der Waals surface area contributed by atoms with Gasteiger partial charge in [-0.1, -0.05) is 59.8 Å². The van der Waals surface area contributed by atoms with Gasteiger partial charge in [0.1, 0.15) is 5.69 Å². The number of nitrogens with zero attached hydrogens (tertiary/aromatic N) is 2. The van der Waals surface area contributed by atoms with E-state index in [2.05, 4.69) is 32.9 Å². The standard InChI is InChI=1S/C22H23IN4O3/c1-22(14-28,21(23)30)12-18(25-20(29)19-13-24-27-26-19)11-15-7-9-17(10-8-15)16-5-3-2-4-6-16/h2-10,13,18,28H,11-12,14H2,1H3,(H,25,29)(H,24,26,27)/t18-,22+/m1/s1. The predicted octanol–water partition coefficient (Wildman–Crippen LogP) is 3.16. The van der Waals surface area contributed by atoms with Crippen molar-refractivity contribution in [3.8, 4) is 11.1 Å². The fourth-order valence-electron chi connectivity index (χ4n) is 3.24. The van der Waals surface area contributed by atoms with Gasteiger partial charge >= 0.3 is 0 Å². The Morgan fingerprint density at radius 2 is 1.80 bits per heavy atom. The number of benzene rings is 2. The molecule has 3 aromatic rings. The van der Waals surface area contributed by atoms with Gasteiger partial charge in [-0.3, -0.25) is 14.7 Å². The van der Waals surface area contributed by atoms with Crippen molar-refractivity contribution in [2.75, 3.05) is 6.61 Å². The van der Waals surface area contributed by atoms with Crippen molar-refractivity contribution < 1.29 is 14.7 Å². The topological polar surface area (TPSA) is 108 Å². The highest BCUT2D eigenvalue weighted by atomic mass is 127. The Morgan fingerprint density at radius 1 is 1.13 bits per heavy atom. The van der Waals surface area contributed by atoms with Crippen LogP contribution in [0.2, 0.25) is 0 Å². The minimum atomic E-state index is -0.950. The molecule has 7 nitrogen and oxygen atoms in total. The summed E-state index contributed by atoms with van der Waals surface area (Å²) in [7, 11) is 0. The largest absolute Gasteiger partial charge is 0.395 e. The smallest absolute Gasteiger partial charge is 0.271 e. The van der Waals surface area contributed by atoms with Gasteiger partial charge in [0.25, 0.3) is 5.91 Å². The molecule has 3 rings (SSSR count). The highest BCUT2D eigenvalue weighted by Crippen LogP contribution is 2.29. The second kappa shape index (κ2) is 9.94. The number of hydrogen-bond donors (Lipinski definition) is 3. The van der Waals surface area contributed by atoms with Gasteiger partial charge in [-0.2, -0.15) is 0 Å². The molecule has 2 atom stereocenters. The van der Waals surface area contributed by atoms with Crippen LogP contribution in [-0.4, -0.2) is 42.9 Å². The number of carbonyl (C=O) groups excluding carboxylic acids is 2. The van der Waals surface area contributed by atoms with E-state index in [-0.39, 0.29) is 28.0 Å². The minimum absolute atomic E-state index is 0.149. The van der Waals surface area contributed by atoms with E-state index >= 15 is 0 Å². The van der Waals surface area contributed by atoms with Gasteiger partial charge < -0.3 is 10.4 Å². The fourth-order valence-corrected chi connectivity index (χ4v) is 3.63. The van der Waals surface area contributed by atoms with Gasteiger partial charge in [-0.25, -0.2) is 0 Å². The van der Waals surface area contributed by atoms with Gasteiger partial charge in [-0.05, 0) is 36.5 Å². The summed E-state index contributed by atoms with van der Waals surface area (Å²) in [5, 5.41) is 22.5. The highest BCUT2D eigenvalue weighted by Gasteiger charge is 2.34. The van der Waals surface area contributed by atoms with E-state index in [4.69, 9.17) is 0 Å². The zero-order chi connectivity index (χ0) is 21.6. The van der Waals surface area contributed by atoms with Gasteiger partial charge in [-0.15, -0.1) is 5.10 Å². The van der Waals surface area contributed by atoms with Crippen LogP contribution >= 0.6 is 22.6 Å². The Morgan fingerprint density at radius 3 is 2.37 bits per heavy atom. The van der Waals surface area contributed by atoms with Crippen LogP contribution in [0, 0.1) is 5.41 Å². The molecule has 0 bridgehead atoms. The molecule has 2 aromatic carbocycles. The molecule has 30 heavy (non-hydrogen) atoms. The van der Waals surface area contributed by atoms with Crippen LogP contribution in [0.1, 0.15) is 29.4 Å². The van der Waals surface area contributed by atoms with E-state index in [1.54, 1.807) is 29.5 Å². The molecule has 1 heterocycles. The highest BCUT2D eigenvalue weighted by molar-refractivity contribution is 14.1. The first kappa shape index (κ1) is 22.1. The van der Waals surface area contributed by atoms with E-state index in [9.17, 15) is 14.7 Å². The number of H-pyrrole nitrogens is 1. The first-order chi connectivity index (χ1) is 14.4. The molecular weight excluding hydrogens is 495 g/mol.